The van der Waals surface area contributed by atoms with Crippen molar-refractivity contribution in [1.29, 1.82) is 0 Å². The van der Waals surface area contributed by atoms with Crippen molar-refractivity contribution in [2.24, 2.45) is 11.8 Å². The van der Waals surface area contributed by atoms with Gasteiger partial charge in [-0.15, -0.1) is 0 Å². The second kappa shape index (κ2) is 5.96. The van der Waals surface area contributed by atoms with Gasteiger partial charge in [0.1, 0.15) is 0 Å². The van der Waals surface area contributed by atoms with Crippen LogP contribution in [0.1, 0.15) is 35.1 Å². The lowest BCUT2D eigenvalue weighted by Crippen LogP contribution is -2.51. The van der Waals surface area contributed by atoms with Gasteiger partial charge >= 0.3 is 0 Å². The average molecular weight is 434 g/mol. The SMILES string of the molecule is CC12c3ccccc3C(c3ccccc31)C1C(=O)N(c3ccc(Cl)cc3Cl)C(=O)C12. The van der Waals surface area contributed by atoms with Gasteiger partial charge in [0.15, 0.2) is 0 Å². The molecule has 3 aliphatic carbocycles. The Labute approximate surface area is 184 Å². The minimum Gasteiger partial charge on any atom is -0.274 e. The van der Waals surface area contributed by atoms with Crippen molar-refractivity contribution in [1.82, 2.24) is 0 Å². The maximum Gasteiger partial charge on any atom is 0.239 e. The van der Waals surface area contributed by atoms with Crippen molar-refractivity contribution in [3.63, 3.8) is 0 Å². The van der Waals surface area contributed by atoms with Gasteiger partial charge in [-0.2, -0.15) is 0 Å². The number of rotatable bonds is 1. The van der Waals surface area contributed by atoms with Crippen LogP contribution >= 0.6 is 23.2 Å². The molecule has 0 aromatic heterocycles. The lowest BCUT2D eigenvalue weighted by Gasteiger charge is -2.52. The van der Waals surface area contributed by atoms with E-state index in [9.17, 15) is 9.59 Å². The maximum atomic E-state index is 13.8. The van der Waals surface area contributed by atoms with Gasteiger partial charge in [0, 0.05) is 16.4 Å². The van der Waals surface area contributed by atoms with E-state index in [1.165, 1.54) is 4.90 Å². The molecule has 3 nitrogen and oxygen atoms in total. The molecule has 3 aromatic rings. The van der Waals surface area contributed by atoms with E-state index in [1.54, 1.807) is 18.2 Å². The predicted molar refractivity (Wildman–Crippen MR) is 117 cm³/mol. The smallest absolute Gasteiger partial charge is 0.239 e. The highest BCUT2D eigenvalue weighted by Gasteiger charge is 2.66. The molecule has 2 unspecified atom stereocenters. The van der Waals surface area contributed by atoms with Crippen molar-refractivity contribution in [3.05, 3.63) is 99.0 Å². The standard InChI is InChI=1S/C25H17Cl2NO2/c1-25-16-8-4-2-6-14(16)20(15-7-3-5-9-17(15)25)21-22(25)24(30)28(23(21)29)19-11-10-13(26)12-18(19)27/h2-12,20-22H,1H3. The van der Waals surface area contributed by atoms with Gasteiger partial charge in [0.05, 0.1) is 22.5 Å². The fourth-order valence-electron chi connectivity index (χ4n) is 6.05. The second-order valence-electron chi connectivity index (χ2n) is 8.47. The molecule has 1 heterocycles. The number of carbonyl (C=O) groups is 2. The molecule has 3 aromatic carbocycles. The van der Waals surface area contributed by atoms with E-state index < -0.39 is 17.3 Å². The molecule has 2 bridgehead atoms. The fourth-order valence-corrected chi connectivity index (χ4v) is 6.54. The first kappa shape index (κ1) is 18.2. The van der Waals surface area contributed by atoms with Gasteiger partial charge in [-0.1, -0.05) is 78.7 Å². The molecule has 1 aliphatic heterocycles. The monoisotopic (exact) mass is 433 g/mol. The van der Waals surface area contributed by atoms with Crippen molar-refractivity contribution < 1.29 is 9.59 Å². The third kappa shape index (κ3) is 2.02. The Bertz CT molecular complexity index is 1220. The molecule has 4 aliphatic rings. The number of halogens is 2. The Kier molecular flexibility index (Phi) is 3.61. The quantitative estimate of drug-likeness (QED) is 0.470. The summed E-state index contributed by atoms with van der Waals surface area (Å²) in [5.74, 6) is -1.43. The Morgan fingerprint density at radius 1 is 0.833 bits per heavy atom. The summed E-state index contributed by atoms with van der Waals surface area (Å²) in [7, 11) is 0. The van der Waals surface area contributed by atoms with Crippen LogP contribution in [-0.4, -0.2) is 11.8 Å². The van der Waals surface area contributed by atoms with E-state index in [-0.39, 0.29) is 17.7 Å². The van der Waals surface area contributed by atoms with Gasteiger partial charge in [0.2, 0.25) is 11.8 Å². The zero-order valence-corrected chi connectivity index (χ0v) is 17.6. The fraction of sp³-hybridized carbons (Fsp3) is 0.200. The Morgan fingerprint density at radius 2 is 1.43 bits per heavy atom. The first-order chi connectivity index (χ1) is 14.4. The van der Waals surface area contributed by atoms with E-state index >= 15 is 0 Å². The molecule has 0 radical (unpaired) electrons. The van der Waals surface area contributed by atoms with Crippen LogP contribution < -0.4 is 4.90 Å². The molecule has 1 saturated heterocycles. The third-order valence-corrected chi connectivity index (χ3v) is 7.73. The summed E-state index contributed by atoms with van der Waals surface area (Å²) in [5, 5.41) is 0.766. The molecule has 7 rings (SSSR count). The highest BCUT2D eigenvalue weighted by Crippen LogP contribution is 2.64. The van der Waals surface area contributed by atoms with Crippen LogP contribution in [-0.2, 0) is 15.0 Å². The zero-order valence-electron chi connectivity index (χ0n) is 16.1. The average Bonchev–Trinajstić information content (AvgIpc) is 3.01. The molecular weight excluding hydrogens is 417 g/mol. The largest absolute Gasteiger partial charge is 0.274 e. The maximum absolute atomic E-state index is 13.8. The van der Waals surface area contributed by atoms with Crippen LogP contribution in [0, 0.1) is 11.8 Å². The van der Waals surface area contributed by atoms with Crippen LogP contribution in [0.4, 0.5) is 5.69 Å². The topological polar surface area (TPSA) is 37.4 Å². The van der Waals surface area contributed by atoms with Crippen LogP contribution in [0.2, 0.25) is 10.0 Å². The summed E-state index contributed by atoms with van der Waals surface area (Å²) in [5.41, 5.74) is 4.39. The first-order valence-corrected chi connectivity index (χ1v) is 10.7. The molecule has 0 spiro atoms. The van der Waals surface area contributed by atoms with Gasteiger partial charge in [-0.05, 0) is 40.5 Å². The number of anilines is 1. The van der Waals surface area contributed by atoms with E-state index in [2.05, 4.69) is 31.2 Å². The minimum atomic E-state index is -0.576. The number of nitrogens with zero attached hydrogens (tertiary/aromatic N) is 1. The van der Waals surface area contributed by atoms with Crippen molar-refractivity contribution in [2.75, 3.05) is 4.90 Å². The zero-order chi connectivity index (χ0) is 20.8. The van der Waals surface area contributed by atoms with E-state index in [0.717, 1.165) is 22.3 Å². The van der Waals surface area contributed by atoms with Crippen LogP contribution in [0.15, 0.2) is 66.7 Å². The molecule has 148 valence electrons. The number of hydrogen-bond donors (Lipinski definition) is 0. The normalized spacial score (nSPS) is 28.4. The number of carbonyl (C=O) groups excluding carboxylic acids is 2. The Balaban J connectivity index is 1.62. The predicted octanol–water partition coefficient (Wildman–Crippen LogP) is 5.56. The van der Waals surface area contributed by atoms with Crippen molar-refractivity contribution in [3.8, 4) is 0 Å². The third-order valence-electron chi connectivity index (χ3n) is 7.19. The highest BCUT2D eigenvalue weighted by atomic mass is 35.5. The van der Waals surface area contributed by atoms with Gasteiger partial charge in [-0.3, -0.25) is 9.59 Å². The summed E-state index contributed by atoms with van der Waals surface area (Å²) in [4.78, 5) is 28.9. The summed E-state index contributed by atoms with van der Waals surface area (Å²) in [6.07, 6.45) is 0. The van der Waals surface area contributed by atoms with E-state index in [1.807, 2.05) is 24.3 Å². The first-order valence-electron chi connectivity index (χ1n) is 9.96. The summed E-state index contributed by atoms with van der Waals surface area (Å²) in [6, 6.07) is 21.3. The van der Waals surface area contributed by atoms with E-state index in [4.69, 9.17) is 23.2 Å². The van der Waals surface area contributed by atoms with Gasteiger partial charge in [0.25, 0.3) is 0 Å². The molecule has 1 fully saturated rings. The Hall–Kier alpha value is -2.62. The molecule has 0 N–H and O–H groups in total. The summed E-state index contributed by atoms with van der Waals surface area (Å²) >= 11 is 12.5. The lowest BCUT2D eigenvalue weighted by molar-refractivity contribution is -0.123. The van der Waals surface area contributed by atoms with E-state index in [0.29, 0.717) is 15.7 Å². The molecule has 0 saturated carbocycles. The van der Waals surface area contributed by atoms with Crippen molar-refractivity contribution >= 4 is 40.7 Å². The number of benzene rings is 3. The molecule has 2 atom stereocenters. The highest BCUT2D eigenvalue weighted by molar-refractivity contribution is 6.38. The van der Waals surface area contributed by atoms with Crippen LogP contribution in [0.3, 0.4) is 0 Å². The van der Waals surface area contributed by atoms with Crippen LogP contribution in [0.25, 0.3) is 0 Å². The molecule has 30 heavy (non-hydrogen) atoms. The Morgan fingerprint density at radius 3 is 2.03 bits per heavy atom. The molecule has 2 amide bonds. The second-order valence-corrected chi connectivity index (χ2v) is 9.31. The number of amides is 2. The van der Waals surface area contributed by atoms with Crippen molar-refractivity contribution in [2.45, 2.75) is 18.3 Å². The summed E-state index contributed by atoms with van der Waals surface area (Å²) < 4.78 is 0. The van der Waals surface area contributed by atoms with Gasteiger partial charge < -0.3 is 0 Å². The number of imide groups is 1. The molecule has 5 heteroatoms. The number of hydrogen-bond acceptors (Lipinski definition) is 2. The summed E-state index contributed by atoms with van der Waals surface area (Å²) in [6.45, 7) is 2.11. The van der Waals surface area contributed by atoms with Crippen LogP contribution in [0.5, 0.6) is 0 Å². The lowest BCUT2D eigenvalue weighted by atomic mass is 9.48. The molecular formula is C25H17Cl2NO2. The van der Waals surface area contributed by atoms with Gasteiger partial charge in [-0.25, -0.2) is 4.90 Å². The minimum absolute atomic E-state index is 0.142.